The molecule has 0 radical (unpaired) electrons. The molecule has 0 atom stereocenters. The Kier molecular flexibility index (Phi) is 4.70. The minimum absolute atomic E-state index is 0.00637. The van der Waals surface area contributed by atoms with Crippen molar-refractivity contribution in [3.63, 3.8) is 0 Å². The van der Waals surface area contributed by atoms with Gasteiger partial charge in [0.1, 0.15) is 5.78 Å². The molecule has 17 heavy (non-hydrogen) atoms. The summed E-state index contributed by atoms with van der Waals surface area (Å²) in [6, 6.07) is 3.75. The number of Topliss-reactive ketones (excluding diaryl/α,β-unsaturated/α-hetero) is 1. The minimum atomic E-state index is -0.186. The summed E-state index contributed by atoms with van der Waals surface area (Å²) >= 11 is 6.06. The van der Waals surface area contributed by atoms with Gasteiger partial charge in [0.15, 0.2) is 0 Å². The number of amides is 1. The van der Waals surface area contributed by atoms with Crippen LogP contribution in [0.1, 0.15) is 30.9 Å². The normalized spacial score (nSPS) is 10.1. The van der Waals surface area contributed by atoms with Gasteiger partial charge in [0.05, 0.1) is 10.7 Å². The van der Waals surface area contributed by atoms with Gasteiger partial charge >= 0.3 is 0 Å². The Morgan fingerprint density at radius 1 is 1.24 bits per heavy atom. The van der Waals surface area contributed by atoms with Gasteiger partial charge in [0, 0.05) is 12.8 Å². The topological polar surface area (TPSA) is 46.2 Å². The molecule has 92 valence electrons. The first kappa shape index (κ1) is 13.7. The Hall–Kier alpha value is -1.35. The average Bonchev–Trinajstić information content (AvgIpc) is 2.20. The fourth-order valence-electron chi connectivity index (χ4n) is 1.57. The predicted octanol–water partition coefficient (Wildman–Crippen LogP) is 3.26. The van der Waals surface area contributed by atoms with Crippen molar-refractivity contribution in [3.05, 3.63) is 28.3 Å². The quantitative estimate of drug-likeness (QED) is 0.895. The molecule has 0 aliphatic carbocycles. The summed E-state index contributed by atoms with van der Waals surface area (Å²) in [5.74, 6) is -0.180. The molecule has 0 spiro atoms. The SMILES string of the molecule is CC(=O)CCC(=O)Nc1c(C)cc(C)cc1Cl. The molecule has 3 nitrogen and oxygen atoms in total. The van der Waals surface area contributed by atoms with Crippen LogP contribution in [0.4, 0.5) is 5.69 Å². The van der Waals surface area contributed by atoms with Crippen LogP contribution < -0.4 is 5.32 Å². The molecule has 0 heterocycles. The lowest BCUT2D eigenvalue weighted by molar-refractivity contribution is -0.121. The molecule has 1 N–H and O–H groups in total. The van der Waals surface area contributed by atoms with Crippen molar-refractivity contribution >= 4 is 29.0 Å². The van der Waals surface area contributed by atoms with Crippen LogP contribution in [0.25, 0.3) is 0 Å². The van der Waals surface area contributed by atoms with Crippen molar-refractivity contribution in [2.24, 2.45) is 0 Å². The number of halogens is 1. The molecule has 1 amide bonds. The Morgan fingerprint density at radius 3 is 2.41 bits per heavy atom. The molecular formula is C13H16ClNO2. The van der Waals surface area contributed by atoms with Crippen LogP contribution in [0, 0.1) is 13.8 Å². The van der Waals surface area contributed by atoms with Gasteiger partial charge in [-0.1, -0.05) is 17.7 Å². The van der Waals surface area contributed by atoms with Crippen molar-refractivity contribution < 1.29 is 9.59 Å². The van der Waals surface area contributed by atoms with E-state index in [2.05, 4.69) is 5.32 Å². The lowest BCUT2D eigenvalue weighted by Gasteiger charge is -2.11. The molecular weight excluding hydrogens is 238 g/mol. The first-order valence-electron chi connectivity index (χ1n) is 5.46. The second-order valence-corrected chi connectivity index (χ2v) is 4.60. The maximum absolute atomic E-state index is 11.6. The molecule has 1 aromatic rings. The van der Waals surface area contributed by atoms with Gasteiger partial charge in [-0.3, -0.25) is 4.79 Å². The molecule has 0 unspecified atom stereocenters. The fourth-order valence-corrected chi connectivity index (χ4v) is 1.93. The molecule has 0 saturated heterocycles. The largest absolute Gasteiger partial charge is 0.325 e. The fraction of sp³-hybridized carbons (Fsp3) is 0.385. The van der Waals surface area contributed by atoms with Crippen LogP contribution >= 0.6 is 11.6 Å². The van der Waals surface area contributed by atoms with Gasteiger partial charge in [0.25, 0.3) is 0 Å². The number of benzene rings is 1. The van der Waals surface area contributed by atoms with Gasteiger partial charge in [-0.2, -0.15) is 0 Å². The summed E-state index contributed by atoms with van der Waals surface area (Å²) in [4.78, 5) is 22.4. The highest BCUT2D eigenvalue weighted by molar-refractivity contribution is 6.34. The summed E-state index contributed by atoms with van der Waals surface area (Å²) in [6.07, 6.45) is 0.452. The molecule has 1 aromatic carbocycles. The van der Waals surface area contributed by atoms with Crippen molar-refractivity contribution in [1.29, 1.82) is 0 Å². The molecule has 0 aliphatic rings. The highest BCUT2D eigenvalue weighted by atomic mass is 35.5. The number of hydrogen-bond donors (Lipinski definition) is 1. The van der Waals surface area contributed by atoms with Crippen molar-refractivity contribution in [3.8, 4) is 0 Å². The van der Waals surface area contributed by atoms with Crippen LogP contribution in [-0.2, 0) is 9.59 Å². The maximum Gasteiger partial charge on any atom is 0.224 e. The van der Waals surface area contributed by atoms with E-state index in [-0.39, 0.29) is 24.5 Å². The molecule has 0 saturated carbocycles. The molecule has 0 bridgehead atoms. The average molecular weight is 254 g/mol. The third kappa shape index (κ3) is 4.19. The summed E-state index contributed by atoms with van der Waals surface area (Å²) < 4.78 is 0. The van der Waals surface area contributed by atoms with Crippen LogP contribution in [0.5, 0.6) is 0 Å². The Labute approximate surface area is 106 Å². The van der Waals surface area contributed by atoms with E-state index in [9.17, 15) is 9.59 Å². The summed E-state index contributed by atoms with van der Waals surface area (Å²) in [5, 5.41) is 3.26. The molecule has 0 fully saturated rings. The Bertz CT molecular complexity index is 432. The third-order valence-corrected chi connectivity index (χ3v) is 2.70. The lowest BCUT2D eigenvalue weighted by atomic mass is 10.1. The Morgan fingerprint density at radius 2 is 1.88 bits per heavy atom. The first-order chi connectivity index (χ1) is 7.90. The lowest BCUT2D eigenvalue weighted by Crippen LogP contribution is -2.13. The number of ketones is 1. The monoisotopic (exact) mass is 253 g/mol. The van der Waals surface area contributed by atoms with E-state index in [1.54, 1.807) is 6.07 Å². The second-order valence-electron chi connectivity index (χ2n) is 4.19. The Balaban J connectivity index is 2.75. The zero-order valence-corrected chi connectivity index (χ0v) is 11.0. The molecule has 0 aromatic heterocycles. The van der Waals surface area contributed by atoms with Crippen LogP contribution in [0.2, 0.25) is 5.02 Å². The van der Waals surface area contributed by atoms with E-state index >= 15 is 0 Å². The van der Waals surface area contributed by atoms with Crippen LogP contribution in [0.15, 0.2) is 12.1 Å². The van der Waals surface area contributed by atoms with Gasteiger partial charge in [-0.15, -0.1) is 0 Å². The van der Waals surface area contributed by atoms with E-state index in [1.807, 2.05) is 19.9 Å². The zero-order valence-electron chi connectivity index (χ0n) is 10.3. The smallest absolute Gasteiger partial charge is 0.224 e. The van der Waals surface area contributed by atoms with E-state index in [0.717, 1.165) is 11.1 Å². The molecule has 4 heteroatoms. The standard InChI is InChI=1S/C13H16ClNO2/c1-8-6-9(2)13(11(14)7-8)15-12(17)5-4-10(3)16/h6-7H,4-5H2,1-3H3,(H,15,17). The minimum Gasteiger partial charge on any atom is -0.325 e. The third-order valence-electron chi connectivity index (χ3n) is 2.40. The summed E-state index contributed by atoms with van der Waals surface area (Å²) in [7, 11) is 0. The number of aryl methyl sites for hydroxylation is 2. The van der Waals surface area contributed by atoms with E-state index < -0.39 is 0 Å². The number of carbonyl (C=O) groups excluding carboxylic acids is 2. The van der Waals surface area contributed by atoms with Crippen molar-refractivity contribution in [2.75, 3.05) is 5.32 Å². The summed E-state index contributed by atoms with van der Waals surface area (Å²) in [5.41, 5.74) is 2.60. The predicted molar refractivity (Wildman–Crippen MR) is 69.5 cm³/mol. The van der Waals surface area contributed by atoms with Crippen LogP contribution in [-0.4, -0.2) is 11.7 Å². The number of rotatable bonds is 4. The first-order valence-corrected chi connectivity index (χ1v) is 5.84. The highest BCUT2D eigenvalue weighted by Gasteiger charge is 2.09. The van der Waals surface area contributed by atoms with Gasteiger partial charge < -0.3 is 10.1 Å². The number of anilines is 1. The van der Waals surface area contributed by atoms with E-state index in [1.165, 1.54) is 6.92 Å². The van der Waals surface area contributed by atoms with E-state index in [4.69, 9.17) is 11.6 Å². The molecule has 1 rings (SSSR count). The number of carbonyl (C=O) groups is 2. The van der Waals surface area contributed by atoms with Crippen molar-refractivity contribution in [2.45, 2.75) is 33.6 Å². The van der Waals surface area contributed by atoms with Gasteiger partial charge in [-0.25, -0.2) is 0 Å². The second kappa shape index (κ2) is 5.82. The number of nitrogens with one attached hydrogen (secondary N) is 1. The zero-order chi connectivity index (χ0) is 13.0. The molecule has 0 aliphatic heterocycles. The number of hydrogen-bond acceptors (Lipinski definition) is 2. The maximum atomic E-state index is 11.6. The summed E-state index contributed by atoms with van der Waals surface area (Å²) in [6.45, 7) is 5.30. The van der Waals surface area contributed by atoms with Crippen LogP contribution in [0.3, 0.4) is 0 Å². The van der Waals surface area contributed by atoms with Gasteiger partial charge in [0.2, 0.25) is 5.91 Å². The van der Waals surface area contributed by atoms with Gasteiger partial charge in [-0.05, 0) is 38.0 Å². The van der Waals surface area contributed by atoms with Crippen molar-refractivity contribution in [1.82, 2.24) is 0 Å². The highest BCUT2D eigenvalue weighted by Crippen LogP contribution is 2.27. The van der Waals surface area contributed by atoms with E-state index in [0.29, 0.717) is 10.7 Å².